The van der Waals surface area contributed by atoms with Crippen LogP contribution in [0.1, 0.15) is 57.6 Å². The molecule has 0 bridgehead atoms. The second kappa shape index (κ2) is 12.6. The van der Waals surface area contributed by atoms with Gasteiger partial charge in [0.15, 0.2) is 0 Å². The molecule has 41 heavy (non-hydrogen) atoms. The van der Waals surface area contributed by atoms with Gasteiger partial charge in [-0.25, -0.2) is 10.0 Å². The van der Waals surface area contributed by atoms with Crippen LogP contribution in [0.4, 0.5) is 0 Å². The average molecular weight is 560 g/mol. The Morgan fingerprint density at radius 2 is 1.73 bits per heavy atom. The number of fused-ring (bicyclic) bond motifs is 1. The van der Waals surface area contributed by atoms with Crippen LogP contribution < -0.4 is 21.1 Å². The summed E-state index contributed by atoms with van der Waals surface area (Å²) in [6, 6.07) is 18.4. The predicted molar refractivity (Wildman–Crippen MR) is 163 cm³/mol. The van der Waals surface area contributed by atoms with Crippen LogP contribution in [0.5, 0.6) is 11.5 Å². The van der Waals surface area contributed by atoms with Crippen LogP contribution in [0.25, 0.3) is 0 Å². The van der Waals surface area contributed by atoms with Crippen LogP contribution in [0.2, 0.25) is 0 Å². The molecule has 0 radical (unpaired) electrons. The number of hydrogen-bond donors (Lipinski definition) is 3. The third-order valence-electron chi connectivity index (χ3n) is 8.52. The van der Waals surface area contributed by atoms with E-state index in [9.17, 15) is 4.79 Å². The highest BCUT2D eigenvalue weighted by Crippen LogP contribution is 2.45. The van der Waals surface area contributed by atoms with Crippen molar-refractivity contribution in [2.24, 2.45) is 16.6 Å². The number of likely N-dealkylation sites (N-methyl/N-ethyl adjacent to an activating group) is 2. The maximum Gasteiger partial charge on any atom is 0.237 e. The number of hydrogen-bond acceptors (Lipinski definition) is 8. The normalized spacial score (nSPS) is 25.7. The summed E-state index contributed by atoms with van der Waals surface area (Å²) in [5, 5.41) is 11.2. The smallest absolute Gasteiger partial charge is 0.237 e. The van der Waals surface area contributed by atoms with Crippen LogP contribution in [-0.4, -0.2) is 72.6 Å². The number of aliphatic imine (C=N–C) groups is 1. The molecule has 2 aliphatic heterocycles. The number of nitrogens with one attached hydrogen (secondary N) is 2. The van der Waals surface area contributed by atoms with Gasteiger partial charge in [0.05, 0.1) is 18.4 Å². The Kier molecular flexibility index (Phi) is 8.97. The Labute approximate surface area is 244 Å². The summed E-state index contributed by atoms with van der Waals surface area (Å²) in [4.78, 5) is 20.0. The van der Waals surface area contributed by atoms with E-state index in [1.165, 1.54) is 0 Å². The molecule has 9 heteroatoms. The molecule has 220 valence electrons. The molecule has 2 heterocycles. The van der Waals surface area contributed by atoms with Crippen LogP contribution in [0.15, 0.2) is 71.0 Å². The van der Waals surface area contributed by atoms with E-state index >= 15 is 0 Å². The zero-order chi connectivity index (χ0) is 29.1. The molecule has 2 fully saturated rings. The van der Waals surface area contributed by atoms with Gasteiger partial charge in [-0.15, -0.1) is 0 Å². The van der Waals surface area contributed by atoms with Gasteiger partial charge in [-0.1, -0.05) is 44.2 Å². The minimum Gasteiger partial charge on any atom is -0.457 e. The molecule has 3 aliphatic rings. The standard InChI is InChI=1S/C32H45N7O2/c1-21(2)19-27(37(3)4)32(40)36-23-13-15-24(16-14-23)39-31-28(30(33)34-20-35-31)29(38(39)5)22-11-17-26(18-12-22)41-25-9-7-6-8-10-25/h6-12,17-18,20-21,23-24,27,29,31H,13-16,19,33H2,1-5H3,(H,34,35)(H,36,40)/t23?,24?,27-,29?,31?/m1/s1. The number of amides is 1. The monoisotopic (exact) mass is 559 g/mol. The molecular weight excluding hydrogens is 514 g/mol. The summed E-state index contributed by atoms with van der Waals surface area (Å²) in [6.07, 6.45) is 6.28. The molecule has 2 aromatic rings. The van der Waals surface area contributed by atoms with Crippen molar-refractivity contribution in [3.63, 3.8) is 0 Å². The van der Waals surface area contributed by atoms with Crippen LogP contribution in [0.3, 0.4) is 0 Å². The Morgan fingerprint density at radius 3 is 2.37 bits per heavy atom. The van der Waals surface area contributed by atoms with Crippen molar-refractivity contribution in [2.45, 2.75) is 76.3 Å². The van der Waals surface area contributed by atoms with Crippen molar-refractivity contribution in [3.8, 4) is 11.5 Å². The highest BCUT2D eigenvalue weighted by Gasteiger charge is 2.48. The number of benzene rings is 2. The quantitative estimate of drug-likeness (QED) is 0.423. The molecular formula is C32H45N7O2. The van der Waals surface area contributed by atoms with E-state index in [0.717, 1.165) is 54.7 Å². The highest BCUT2D eigenvalue weighted by atomic mass is 16.5. The van der Waals surface area contributed by atoms with Gasteiger partial charge in [0, 0.05) is 24.7 Å². The van der Waals surface area contributed by atoms with Gasteiger partial charge < -0.3 is 21.1 Å². The molecule has 1 amide bonds. The van der Waals surface area contributed by atoms with Gasteiger partial charge in [-0.2, -0.15) is 0 Å². The van der Waals surface area contributed by atoms with Gasteiger partial charge in [0.25, 0.3) is 0 Å². The lowest BCUT2D eigenvalue weighted by Gasteiger charge is -2.40. The lowest BCUT2D eigenvalue weighted by atomic mass is 9.90. The van der Waals surface area contributed by atoms with Crippen molar-refractivity contribution in [1.82, 2.24) is 25.6 Å². The number of carbonyl (C=O) groups is 1. The molecule has 5 rings (SSSR count). The van der Waals surface area contributed by atoms with E-state index in [1.807, 2.05) is 61.5 Å². The van der Waals surface area contributed by atoms with E-state index in [0.29, 0.717) is 17.8 Å². The number of nitrogens with two attached hydrogens (primary N) is 1. The Morgan fingerprint density at radius 1 is 1.07 bits per heavy atom. The second-order valence-electron chi connectivity index (χ2n) is 12.1. The van der Waals surface area contributed by atoms with Gasteiger partial charge in [-0.05, 0) is 81.9 Å². The lowest BCUT2D eigenvalue weighted by Crippen LogP contribution is -2.52. The highest BCUT2D eigenvalue weighted by molar-refractivity contribution is 5.82. The van der Waals surface area contributed by atoms with Gasteiger partial charge >= 0.3 is 0 Å². The summed E-state index contributed by atoms with van der Waals surface area (Å²) in [5.74, 6) is 2.88. The number of para-hydroxylation sites is 1. The SMILES string of the molecule is CC(C)C[C@H](C(=O)NC1CCC(N2C3N=CNC(N)=C3C(c3ccc(Oc4ccccc4)cc3)N2C)CC1)N(C)C. The summed E-state index contributed by atoms with van der Waals surface area (Å²) in [6.45, 7) is 4.33. The van der Waals surface area contributed by atoms with Crippen LogP contribution in [-0.2, 0) is 4.79 Å². The third-order valence-corrected chi connectivity index (χ3v) is 8.52. The van der Waals surface area contributed by atoms with Crippen molar-refractivity contribution in [2.75, 3.05) is 21.1 Å². The fourth-order valence-electron chi connectivity index (χ4n) is 6.46. The van der Waals surface area contributed by atoms with Gasteiger partial charge in [-0.3, -0.25) is 14.7 Å². The number of hydrazine groups is 1. The zero-order valence-corrected chi connectivity index (χ0v) is 25.0. The van der Waals surface area contributed by atoms with E-state index in [4.69, 9.17) is 15.5 Å². The molecule has 1 saturated carbocycles. The van der Waals surface area contributed by atoms with Crippen molar-refractivity contribution < 1.29 is 9.53 Å². The Balaban J connectivity index is 1.27. The molecule has 0 spiro atoms. The van der Waals surface area contributed by atoms with E-state index in [2.05, 4.69) is 53.7 Å². The predicted octanol–water partition coefficient (Wildman–Crippen LogP) is 4.21. The van der Waals surface area contributed by atoms with Crippen molar-refractivity contribution in [1.29, 1.82) is 0 Å². The first-order valence-electron chi connectivity index (χ1n) is 14.8. The lowest BCUT2D eigenvalue weighted by molar-refractivity contribution is -0.127. The summed E-state index contributed by atoms with van der Waals surface area (Å²) >= 11 is 0. The van der Waals surface area contributed by atoms with E-state index in [-0.39, 0.29) is 30.2 Å². The fourth-order valence-corrected chi connectivity index (χ4v) is 6.46. The summed E-state index contributed by atoms with van der Waals surface area (Å²) < 4.78 is 6.02. The first-order chi connectivity index (χ1) is 19.7. The van der Waals surface area contributed by atoms with Gasteiger partial charge in [0.1, 0.15) is 23.5 Å². The first kappa shape index (κ1) is 29.1. The molecule has 2 unspecified atom stereocenters. The summed E-state index contributed by atoms with van der Waals surface area (Å²) in [7, 11) is 6.11. The minimum atomic E-state index is -0.146. The Bertz CT molecular complexity index is 1240. The Hall–Kier alpha value is -3.40. The molecule has 3 atom stereocenters. The van der Waals surface area contributed by atoms with Crippen molar-refractivity contribution >= 4 is 12.2 Å². The van der Waals surface area contributed by atoms with E-state index in [1.54, 1.807) is 6.34 Å². The molecule has 1 aliphatic carbocycles. The summed E-state index contributed by atoms with van der Waals surface area (Å²) in [5.41, 5.74) is 8.76. The maximum atomic E-state index is 13.1. The molecule has 4 N–H and O–H groups in total. The molecule has 2 aromatic carbocycles. The number of carbonyl (C=O) groups excluding carboxylic acids is 1. The number of rotatable bonds is 9. The van der Waals surface area contributed by atoms with E-state index < -0.39 is 0 Å². The maximum absolute atomic E-state index is 13.1. The first-order valence-corrected chi connectivity index (χ1v) is 14.8. The van der Waals surface area contributed by atoms with Crippen molar-refractivity contribution in [3.05, 3.63) is 71.6 Å². The second-order valence-corrected chi connectivity index (χ2v) is 12.1. The molecule has 9 nitrogen and oxygen atoms in total. The van der Waals surface area contributed by atoms with Crippen LogP contribution in [0, 0.1) is 5.92 Å². The third kappa shape index (κ3) is 6.42. The number of ether oxygens (including phenoxy) is 1. The molecule has 1 saturated heterocycles. The largest absolute Gasteiger partial charge is 0.457 e. The zero-order valence-electron chi connectivity index (χ0n) is 25.0. The topological polar surface area (TPSA) is 98.5 Å². The fraction of sp³-hybridized carbons (Fsp3) is 0.500. The molecule has 0 aromatic heterocycles. The van der Waals surface area contributed by atoms with Crippen LogP contribution >= 0.6 is 0 Å². The number of nitrogens with zero attached hydrogens (tertiary/aromatic N) is 4. The minimum absolute atomic E-state index is 0.0370. The average Bonchev–Trinajstić information content (AvgIpc) is 3.26. The van der Waals surface area contributed by atoms with Gasteiger partial charge in [0.2, 0.25) is 5.91 Å².